The third-order valence-corrected chi connectivity index (χ3v) is 5.74. The molecule has 150 valence electrons. The second kappa shape index (κ2) is 8.12. The minimum atomic E-state index is -0.0515. The van der Waals surface area contributed by atoms with Crippen molar-refractivity contribution in [1.29, 1.82) is 0 Å². The monoisotopic (exact) mass is 417 g/mol. The highest BCUT2D eigenvalue weighted by Crippen LogP contribution is 2.32. The second-order valence-electron chi connectivity index (χ2n) is 6.81. The van der Waals surface area contributed by atoms with Gasteiger partial charge in [0.15, 0.2) is 16.7 Å². The largest absolute Gasteiger partial charge is 0.454 e. The van der Waals surface area contributed by atoms with Crippen LogP contribution in [0, 0.1) is 0 Å². The Hall–Kier alpha value is -3.45. The summed E-state index contributed by atoms with van der Waals surface area (Å²) in [5.41, 5.74) is 3.92. The quantitative estimate of drug-likeness (QED) is 0.477. The Morgan fingerprint density at radius 2 is 1.80 bits per heavy atom. The average molecular weight is 417 g/mol. The fourth-order valence-electron chi connectivity index (χ4n) is 3.36. The molecule has 1 aliphatic heterocycles. The number of carbonyl (C=O) groups excluding carboxylic acids is 1. The molecule has 0 atom stereocenters. The van der Waals surface area contributed by atoms with Crippen LogP contribution in [0.3, 0.4) is 0 Å². The lowest BCUT2D eigenvalue weighted by molar-refractivity contribution is -0.118. The first-order valence-electron chi connectivity index (χ1n) is 9.59. The van der Waals surface area contributed by atoms with Crippen molar-refractivity contribution in [2.75, 3.05) is 12.5 Å². The first-order valence-corrected chi connectivity index (χ1v) is 10.6. The maximum absolute atomic E-state index is 12.5. The predicted octanol–water partition coefficient (Wildman–Crippen LogP) is 4.16. The number of benzene rings is 3. The third kappa shape index (κ3) is 3.71. The van der Waals surface area contributed by atoms with Crippen LogP contribution in [0.25, 0.3) is 16.7 Å². The van der Waals surface area contributed by atoms with Crippen molar-refractivity contribution in [2.45, 2.75) is 11.7 Å². The topological polar surface area (TPSA) is 65.4 Å². The number of thioether (sulfide) groups is 1. The molecule has 0 saturated heterocycles. The highest BCUT2D eigenvalue weighted by atomic mass is 32.2. The number of rotatable bonds is 6. The third-order valence-electron chi connectivity index (χ3n) is 4.80. The zero-order chi connectivity index (χ0) is 20.3. The van der Waals surface area contributed by atoms with Crippen molar-refractivity contribution in [3.05, 3.63) is 78.4 Å². The first-order chi connectivity index (χ1) is 14.8. The Labute approximate surface area is 177 Å². The van der Waals surface area contributed by atoms with Gasteiger partial charge in [-0.1, -0.05) is 48.2 Å². The van der Waals surface area contributed by atoms with Crippen LogP contribution in [0.15, 0.2) is 78.0 Å². The molecule has 0 radical (unpaired) electrons. The van der Waals surface area contributed by atoms with Gasteiger partial charge in [-0.25, -0.2) is 4.98 Å². The van der Waals surface area contributed by atoms with Crippen LogP contribution in [0.2, 0.25) is 0 Å². The van der Waals surface area contributed by atoms with Gasteiger partial charge in [-0.3, -0.25) is 9.36 Å². The van der Waals surface area contributed by atoms with Crippen molar-refractivity contribution in [1.82, 2.24) is 14.9 Å². The van der Waals surface area contributed by atoms with E-state index in [0.29, 0.717) is 12.3 Å². The standard InChI is InChI=1S/C23H19N3O3S/c27-22(24-13-16-10-11-20-21(12-16)29-15-28-20)14-30-23-25-18-8-4-5-9-19(18)26(23)17-6-2-1-3-7-17/h1-12H,13-15H2,(H,24,27). The van der Waals surface area contributed by atoms with E-state index >= 15 is 0 Å². The summed E-state index contributed by atoms with van der Waals surface area (Å²) in [5.74, 6) is 1.68. The van der Waals surface area contributed by atoms with Gasteiger partial charge in [0.05, 0.1) is 16.8 Å². The maximum atomic E-state index is 12.5. The minimum Gasteiger partial charge on any atom is -0.454 e. The summed E-state index contributed by atoms with van der Waals surface area (Å²) in [5, 5.41) is 3.75. The fraction of sp³-hybridized carbons (Fsp3) is 0.130. The zero-order valence-corrected chi connectivity index (χ0v) is 16.9. The Kier molecular flexibility index (Phi) is 5.03. The van der Waals surface area contributed by atoms with Gasteiger partial charge in [0.2, 0.25) is 12.7 Å². The number of amides is 1. The summed E-state index contributed by atoms with van der Waals surface area (Å²) in [6.07, 6.45) is 0. The van der Waals surface area contributed by atoms with Crippen LogP contribution < -0.4 is 14.8 Å². The number of fused-ring (bicyclic) bond motifs is 2. The summed E-state index contributed by atoms with van der Waals surface area (Å²) in [7, 11) is 0. The Morgan fingerprint density at radius 3 is 2.70 bits per heavy atom. The molecule has 0 fully saturated rings. The van der Waals surface area contributed by atoms with Gasteiger partial charge in [-0.05, 0) is 42.0 Å². The molecule has 1 N–H and O–H groups in total. The minimum absolute atomic E-state index is 0.0515. The van der Waals surface area contributed by atoms with Crippen molar-refractivity contribution in [3.63, 3.8) is 0 Å². The predicted molar refractivity (Wildman–Crippen MR) is 116 cm³/mol. The van der Waals surface area contributed by atoms with E-state index in [1.807, 2.05) is 72.8 Å². The lowest BCUT2D eigenvalue weighted by Crippen LogP contribution is -2.24. The maximum Gasteiger partial charge on any atom is 0.231 e. The lowest BCUT2D eigenvalue weighted by Gasteiger charge is -2.09. The number of aromatic nitrogens is 2. The number of hydrogen-bond acceptors (Lipinski definition) is 5. The molecule has 1 aromatic heterocycles. The van der Waals surface area contributed by atoms with E-state index in [-0.39, 0.29) is 18.5 Å². The number of carbonyl (C=O) groups is 1. The molecule has 7 heteroatoms. The number of ether oxygens (including phenoxy) is 2. The summed E-state index contributed by atoms with van der Waals surface area (Å²) >= 11 is 1.43. The van der Waals surface area contributed by atoms with Crippen LogP contribution in [0.4, 0.5) is 0 Å². The van der Waals surface area contributed by atoms with Gasteiger partial charge in [-0.2, -0.15) is 0 Å². The van der Waals surface area contributed by atoms with Crippen LogP contribution in [-0.2, 0) is 11.3 Å². The highest BCUT2D eigenvalue weighted by molar-refractivity contribution is 7.99. The number of nitrogens with one attached hydrogen (secondary N) is 1. The summed E-state index contributed by atoms with van der Waals surface area (Å²) in [6.45, 7) is 0.676. The molecule has 0 bridgehead atoms. The molecule has 2 heterocycles. The molecule has 0 saturated carbocycles. The normalized spacial score (nSPS) is 12.3. The number of para-hydroxylation sites is 3. The molecule has 6 nitrogen and oxygen atoms in total. The van der Waals surface area contributed by atoms with Gasteiger partial charge in [-0.15, -0.1) is 0 Å². The van der Waals surface area contributed by atoms with Gasteiger partial charge < -0.3 is 14.8 Å². The lowest BCUT2D eigenvalue weighted by atomic mass is 10.2. The van der Waals surface area contributed by atoms with E-state index < -0.39 is 0 Å². The van der Waals surface area contributed by atoms with Crippen molar-refractivity contribution < 1.29 is 14.3 Å². The molecule has 30 heavy (non-hydrogen) atoms. The molecular weight excluding hydrogens is 398 g/mol. The van der Waals surface area contributed by atoms with Crippen LogP contribution >= 0.6 is 11.8 Å². The van der Waals surface area contributed by atoms with Crippen LogP contribution in [-0.4, -0.2) is 28.0 Å². The smallest absolute Gasteiger partial charge is 0.231 e. The molecule has 0 unspecified atom stereocenters. The first kappa shape index (κ1) is 18.6. The average Bonchev–Trinajstić information content (AvgIpc) is 3.40. The molecular formula is C23H19N3O3S. The second-order valence-corrected chi connectivity index (χ2v) is 7.75. The van der Waals surface area contributed by atoms with Gasteiger partial charge >= 0.3 is 0 Å². The number of hydrogen-bond donors (Lipinski definition) is 1. The molecule has 5 rings (SSSR count). The molecule has 3 aromatic carbocycles. The summed E-state index contributed by atoms with van der Waals surface area (Å²) in [4.78, 5) is 17.2. The highest BCUT2D eigenvalue weighted by Gasteiger charge is 2.15. The Balaban J connectivity index is 1.28. The fourth-order valence-corrected chi connectivity index (χ4v) is 4.22. The number of imidazole rings is 1. The van der Waals surface area contributed by atoms with Gasteiger partial charge in [0, 0.05) is 12.2 Å². The number of nitrogens with zero attached hydrogens (tertiary/aromatic N) is 2. The van der Waals surface area contributed by atoms with Crippen molar-refractivity contribution >= 4 is 28.7 Å². The molecule has 1 amide bonds. The summed E-state index contributed by atoms with van der Waals surface area (Å²) in [6, 6.07) is 23.7. The Morgan fingerprint density at radius 1 is 1.00 bits per heavy atom. The van der Waals surface area contributed by atoms with E-state index in [1.54, 1.807) is 0 Å². The Bertz CT molecular complexity index is 1210. The van der Waals surface area contributed by atoms with Crippen LogP contribution in [0.1, 0.15) is 5.56 Å². The van der Waals surface area contributed by atoms with E-state index in [2.05, 4.69) is 9.88 Å². The molecule has 0 spiro atoms. The zero-order valence-electron chi connectivity index (χ0n) is 16.1. The van der Waals surface area contributed by atoms with E-state index in [1.165, 1.54) is 11.8 Å². The van der Waals surface area contributed by atoms with E-state index in [4.69, 9.17) is 14.5 Å². The van der Waals surface area contributed by atoms with Gasteiger partial charge in [0.25, 0.3) is 0 Å². The van der Waals surface area contributed by atoms with Crippen molar-refractivity contribution in [3.8, 4) is 17.2 Å². The van der Waals surface area contributed by atoms with Crippen LogP contribution in [0.5, 0.6) is 11.5 Å². The SMILES string of the molecule is O=C(CSc1nc2ccccc2n1-c1ccccc1)NCc1ccc2c(c1)OCO2. The van der Waals surface area contributed by atoms with Crippen molar-refractivity contribution in [2.24, 2.45) is 0 Å². The van der Waals surface area contributed by atoms with E-state index in [0.717, 1.165) is 33.2 Å². The molecule has 1 aliphatic rings. The molecule has 0 aliphatic carbocycles. The summed E-state index contributed by atoms with van der Waals surface area (Å²) < 4.78 is 12.8. The van der Waals surface area contributed by atoms with Gasteiger partial charge in [0.1, 0.15) is 0 Å². The van der Waals surface area contributed by atoms with E-state index in [9.17, 15) is 4.79 Å². The molecule has 4 aromatic rings.